The average Bonchev–Trinajstić information content (AvgIpc) is 2.80. The van der Waals surface area contributed by atoms with Crippen molar-refractivity contribution in [2.24, 2.45) is 0 Å². The molecule has 0 amide bonds. The Morgan fingerprint density at radius 1 is 0.917 bits per heavy atom. The fraction of sp³-hybridized carbons (Fsp3) is 1.00. The molecule has 1 saturated heterocycles. The van der Waals surface area contributed by atoms with E-state index in [1.807, 2.05) is 0 Å². The van der Waals surface area contributed by atoms with Crippen LogP contribution in [0.5, 0.6) is 0 Å². The standard InChI is InChI=1S/C18H36O6/c1-2-3-4-5-6-7-8-9-10-11-12-18(23)17(22)15(21)16(24-18)14(20)13-19/h14-17,19-23H,2-13H2,1H3/t14-,15-,16+,17-,18-/m1/s1. The van der Waals surface area contributed by atoms with Gasteiger partial charge < -0.3 is 30.3 Å². The number of unbranched alkanes of at least 4 members (excludes halogenated alkanes) is 9. The summed E-state index contributed by atoms with van der Waals surface area (Å²) < 4.78 is 5.25. The average molecular weight is 348 g/mol. The van der Waals surface area contributed by atoms with Gasteiger partial charge in [-0.15, -0.1) is 0 Å². The molecule has 0 unspecified atom stereocenters. The van der Waals surface area contributed by atoms with Crippen LogP contribution in [0.25, 0.3) is 0 Å². The molecule has 5 atom stereocenters. The lowest BCUT2D eigenvalue weighted by Gasteiger charge is -2.26. The number of ether oxygens (including phenoxy) is 1. The largest absolute Gasteiger partial charge is 0.394 e. The Kier molecular flexibility index (Phi) is 10.3. The van der Waals surface area contributed by atoms with Crippen molar-refractivity contribution in [3.05, 3.63) is 0 Å². The first-order valence-electron chi connectivity index (χ1n) is 9.51. The monoisotopic (exact) mass is 348 g/mol. The second-order valence-electron chi connectivity index (χ2n) is 7.04. The lowest BCUT2D eigenvalue weighted by atomic mass is 9.97. The van der Waals surface area contributed by atoms with E-state index in [0.29, 0.717) is 6.42 Å². The highest BCUT2D eigenvalue weighted by molar-refractivity contribution is 4.97. The molecule has 0 aromatic rings. The van der Waals surface area contributed by atoms with Gasteiger partial charge in [-0.3, -0.25) is 0 Å². The highest BCUT2D eigenvalue weighted by atomic mass is 16.7. The molecule has 1 heterocycles. The Hall–Kier alpha value is -0.240. The Labute approximate surface area is 145 Å². The highest BCUT2D eigenvalue weighted by Gasteiger charge is 2.54. The molecule has 6 heteroatoms. The van der Waals surface area contributed by atoms with Crippen molar-refractivity contribution >= 4 is 0 Å². The van der Waals surface area contributed by atoms with Gasteiger partial charge in [0.2, 0.25) is 0 Å². The molecule has 0 bridgehead atoms. The molecule has 0 aromatic heterocycles. The Balaban J connectivity index is 2.15. The van der Waals surface area contributed by atoms with Gasteiger partial charge in [0.1, 0.15) is 24.4 Å². The van der Waals surface area contributed by atoms with E-state index in [0.717, 1.165) is 12.8 Å². The van der Waals surface area contributed by atoms with Gasteiger partial charge in [0.25, 0.3) is 0 Å². The quantitative estimate of drug-likeness (QED) is 0.322. The first-order chi connectivity index (χ1) is 11.5. The summed E-state index contributed by atoms with van der Waals surface area (Å²) in [7, 11) is 0. The van der Waals surface area contributed by atoms with Gasteiger partial charge in [-0.2, -0.15) is 0 Å². The van der Waals surface area contributed by atoms with Crippen LogP contribution in [0, 0.1) is 0 Å². The Bertz CT molecular complexity index is 327. The van der Waals surface area contributed by atoms with Gasteiger partial charge in [-0.25, -0.2) is 0 Å². The summed E-state index contributed by atoms with van der Waals surface area (Å²) in [4.78, 5) is 0. The zero-order valence-corrected chi connectivity index (χ0v) is 14.9. The van der Waals surface area contributed by atoms with Crippen LogP contribution in [0.3, 0.4) is 0 Å². The fourth-order valence-electron chi connectivity index (χ4n) is 3.30. The van der Waals surface area contributed by atoms with Gasteiger partial charge in [-0.05, 0) is 6.42 Å². The van der Waals surface area contributed by atoms with E-state index in [1.54, 1.807) is 0 Å². The first kappa shape index (κ1) is 21.8. The van der Waals surface area contributed by atoms with Crippen molar-refractivity contribution in [2.75, 3.05) is 6.61 Å². The third-order valence-corrected chi connectivity index (χ3v) is 4.92. The number of hydrogen-bond donors (Lipinski definition) is 5. The molecule has 0 aromatic carbocycles. The molecule has 5 N–H and O–H groups in total. The minimum Gasteiger partial charge on any atom is -0.394 e. The molecule has 1 rings (SSSR count). The zero-order valence-electron chi connectivity index (χ0n) is 14.9. The van der Waals surface area contributed by atoms with E-state index in [2.05, 4.69) is 6.92 Å². The van der Waals surface area contributed by atoms with E-state index in [4.69, 9.17) is 9.84 Å². The highest BCUT2D eigenvalue weighted by Crippen LogP contribution is 2.34. The maximum Gasteiger partial charge on any atom is 0.195 e. The molecule has 144 valence electrons. The summed E-state index contributed by atoms with van der Waals surface area (Å²) in [6.45, 7) is 1.62. The predicted octanol–water partition coefficient (Wildman–Crippen LogP) is 1.46. The number of aliphatic hydroxyl groups excluding tert-OH is 4. The lowest BCUT2D eigenvalue weighted by molar-refractivity contribution is -0.242. The van der Waals surface area contributed by atoms with Crippen LogP contribution in [-0.4, -0.2) is 62.3 Å². The van der Waals surface area contributed by atoms with Gasteiger partial charge in [0.05, 0.1) is 6.61 Å². The lowest BCUT2D eigenvalue weighted by Crippen LogP contribution is -2.43. The third kappa shape index (κ3) is 6.58. The molecule has 1 fully saturated rings. The van der Waals surface area contributed by atoms with Crippen molar-refractivity contribution in [3.8, 4) is 0 Å². The second kappa shape index (κ2) is 11.4. The van der Waals surface area contributed by atoms with Crippen LogP contribution in [0.4, 0.5) is 0 Å². The van der Waals surface area contributed by atoms with Crippen molar-refractivity contribution in [1.29, 1.82) is 0 Å². The topological polar surface area (TPSA) is 110 Å². The zero-order chi connectivity index (χ0) is 18.0. The first-order valence-corrected chi connectivity index (χ1v) is 9.51. The number of aliphatic hydroxyl groups is 5. The van der Waals surface area contributed by atoms with Gasteiger partial charge in [-0.1, -0.05) is 64.7 Å². The van der Waals surface area contributed by atoms with Gasteiger partial charge >= 0.3 is 0 Å². The predicted molar refractivity (Wildman–Crippen MR) is 91.4 cm³/mol. The minimum absolute atomic E-state index is 0.205. The third-order valence-electron chi connectivity index (χ3n) is 4.92. The summed E-state index contributed by atoms with van der Waals surface area (Å²) in [5.41, 5.74) is 0. The molecule has 0 aliphatic carbocycles. The molecular formula is C18H36O6. The van der Waals surface area contributed by atoms with Gasteiger partial charge in [0.15, 0.2) is 5.79 Å². The van der Waals surface area contributed by atoms with Crippen LogP contribution in [0.2, 0.25) is 0 Å². The summed E-state index contributed by atoms with van der Waals surface area (Å²) in [6.07, 6.45) is 6.41. The summed E-state index contributed by atoms with van der Waals surface area (Å²) >= 11 is 0. The van der Waals surface area contributed by atoms with Crippen LogP contribution < -0.4 is 0 Å². The molecule has 6 nitrogen and oxygen atoms in total. The van der Waals surface area contributed by atoms with Crippen LogP contribution in [-0.2, 0) is 4.74 Å². The van der Waals surface area contributed by atoms with E-state index in [1.165, 1.54) is 44.9 Å². The van der Waals surface area contributed by atoms with Crippen molar-refractivity contribution in [2.45, 2.75) is 108 Å². The van der Waals surface area contributed by atoms with E-state index >= 15 is 0 Å². The Morgan fingerprint density at radius 3 is 1.92 bits per heavy atom. The van der Waals surface area contributed by atoms with Crippen LogP contribution in [0.15, 0.2) is 0 Å². The maximum absolute atomic E-state index is 10.3. The van der Waals surface area contributed by atoms with Crippen molar-refractivity contribution in [3.63, 3.8) is 0 Å². The Morgan fingerprint density at radius 2 is 1.42 bits per heavy atom. The summed E-state index contributed by atoms with van der Waals surface area (Å²) in [5, 5.41) is 48.6. The SMILES string of the molecule is CCCCCCCCCCCC[C@@]1(O)O[C@@H]([C@H](O)CO)[C@@H](O)[C@H]1O. The van der Waals surface area contributed by atoms with Crippen molar-refractivity contribution < 1.29 is 30.3 Å². The van der Waals surface area contributed by atoms with Crippen LogP contribution in [0.1, 0.15) is 77.6 Å². The maximum atomic E-state index is 10.3. The molecular weight excluding hydrogens is 312 g/mol. The molecule has 1 aliphatic rings. The molecule has 24 heavy (non-hydrogen) atoms. The van der Waals surface area contributed by atoms with Gasteiger partial charge in [0, 0.05) is 6.42 Å². The molecule has 0 spiro atoms. The van der Waals surface area contributed by atoms with Crippen LogP contribution >= 0.6 is 0 Å². The second-order valence-corrected chi connectivity index (χ2v) is 7.04. The summed E-state index contributed by atoms with van der Waals surface area (Å²) in [6, 6.07) is 0. The van der Waals surface area contributed by atoms with E-state index < -0.39 is 36.8 Å². The minimum atomic E-state index is -1.85. The number of rotatable bonds is 13. The molecule has 0 saturated carbocycles. The number of hydrogen-bond acceptors (Lipinski definition) is 6. The van der Waals surface area contributed by atoms with E-state index in [-0.39, 0.29) is 6.42 Å². The molecule has 1 aliphatic heterocycles. The smallest absolute Gasteiger partial charge is 0.195 e. The molecule has 0 radical (unpaired) electrons. The van der Waals surface area contributed by atoms with E-state index in [9.17, 15) is 20.4 Å². The summed E-state index contributed by atoms with van der Waals surface area (Å²) in [5.74, 6) is -1.85. The normalized spacial score (nSPS) is 31.5. The fourth-order valence-corrected chi connectivity index (χ4v) is 3.30. The van der Waals surface area contributed by atoms with Crippen molar-refractivity contribution in [1.82, 2.24) is 0 Å².